The quantitative estimate of drug-likeness (QED) is 0.506. The second kappa shape index (κ2) is 7.52. The largest absolute Gasteiger partial charge is 0.319 e. The highest BCUT2D eigenvalue weighted by Gasteiger charge is 2.17. The van der Waals surface area contributed by atoms with Crippen LogP contribution in [0.3, 0.4) is 0 Å². The third-order valence-corrected chi connectivity index (χ3v) is 5.53. The number of benzene rings is 2. The van der Waals surface area contributed by atoms with Crippen LogP contribution in [0.4, 0.5) is 15.8 Å². The summed E-state index contributed by atoms with van der Waals surface area (Å²) in [5.74, 6) is -0.890. The topological polar surface area (TPSA) is 118 Å². The van der Waals surface area contributed by atoms with E-state index >= 15 is 0 Å². The normalized spacial score (nSPS) is 11.4. The van der Waals surface area contributed by atoms with Gasteiger partial charge in [-0.3, -0.25) is 9.52 Å². The summed E-state index contributed by atoms with van der Waals surface area (Å²) in [6, 6.07) is 12.4. The van der Waals surface area contributed by atoms with E-state index in [1.807, 2.05) is 6.92 Å². The summed E-state index contributed by atoms with van der Waals surface area (Å²) in [5, 5.41) is 6.72. The number of amides is 1. The number of hydrogen-bond donors (Lipinski definition) is 2. The molecule has 30 heavy (non-hydrogen) atoms. The van der Waals surface area contributed by atoms with Crippen LogP contribution in [0.15, 0.2) is 65.7 Å². The smallest absolute Gasteiger partial charge is 0.295 e. The van der Waals surface area contributed by atoms with E-state index in [1.54, 1.807) is 12.3 Å². The minimum absolute atomic E-state index is 0.0459. The molecule has 2 N–H and O–H groups in total. The highest BCUT2D eigenvalue weighted by molar-refractivity contribution is 7.92. The number of carbonyl (C=O) groups is 1. The molecule has 0 spiro atoms. The molecule has 0 saturated carbocycles. The summed E-state index contributed by atoms with van der Waals surface area (Å²) in [4.78, 5) is 20.5. The number of hydrogen-bond acceptors (Lipinski definition) is 6. The molecule has 0 radical (unpaired) electrons. The SMILES string of the molecule is Cc1ccnc2nc(C(=O)Nc3ccc(S(=O)(=O)Nc4cccc(F)c4)cc3)nn12. The number of carbonyl (C=O) groups excluding carboxylic acids is 1. The van der Waals surface area contributed by atoms with Gasteiger partial charge in [0.15, 0.2) is 0 Å². The minimum Gasteiger partial charge on any atom is -0.319 e. The lowest BCUT2D eigenvalue weighted by Gasteiger charge is -2.09. The van der Waals surface area contributed by atoms with Gasteiger partial charge in [0.05, 0.1) is 10.6 Å². The standard InChI is InChI=1S/C19H15FN6O3S/c1-12-9-10-21-19-23-17(24-26(12)19)18(27)22-14-5-7-16(8-6-14)30(28,29)25-15-4-2-3-13(20)11-15/h2-11,25H,1H3,(H,22,27). The van der Waals surface area contributed by atoms with Crippen molar-refractivity contribution >= 4 is 33.1 Å². The van der Waals surface area contributed by atoms with E-state index in [0.29, 0.717) is 11.5 Å². The molecule has 0 saturated heterocycles. The zero-order valence-electron chi connectivity index (χ0n) is 15.6. The van der Waals surface area contributed by atoms with Crippen molar-refractivity contribution in [2.24, 2.45) is 0 Å². The number of sulfonamides is 1. The highest BCUT2D eigenvalue weighted by atomic mass is 32.2. The summed E-state index contributed by atoms with van der Waals surface area (Å²) >= 11 is 0. The molecule has 11 heteroatoms. The van der Waals surface area contributed by atoms with Crippen LogP contribution in [0.2, 0.25) is 0 Å². The zero-order valence-corrected chi connectivity index (χ0v) is 16.4. The van der Waals surface area contributed by atoms with Crippen molar-refractivity contribution in [1.82, 2.24) is 19.6 Å². The number of anilines is 2. The first-order valence-electron chi connectivity index (χ1n) is 8.70. The molecule has 0 aliphatic heterocycles. The molecule has 152 valence electrons. The maximum absolute atomic E-state index is 13.3. The lowest BCUT2D eigenvalue weighted by Crippen LogP contribution is -2.15. The van der Waals surface area contributed by atoms with Gasteiger partial charge in [0.25, 0.3) is 21.7 Å². The molecular formula is C19H15FN6O3S. The Morgan fingerprint density at radius 3 is 2.53 bits per heavy atom. The fourth-order valence-corrected chi connectivity index (χ4v) is 3.72. The lowest BCUT2D eigenvalue weighted by molar-refractivity contribution is 0.101. The van der Waals surface area contributed by atoms with E-state index in [2.05, 4.69) is 25.1 Å². The molecule has 4 aromatic rings. The first-order chi connectivity index (χ1) is 14.3. The monoisotopic (exact) mass is 426 g/mol. The fourth-order valence-electron chi connectivity index (χ4n) is 2.67. The molecular weight excluding hydrogens is 411 g/mol. The Labute approximate surface area is 170 Å². The van der Waals surface area contributed by atoms with Gasteiger partial charge < -0.3 is 5.32 Å². The number of nitrogens with zero attached hydrogens (tertiary/aromatic N) is 4. The molecule has 0 atom stereocenters. The van der Waals surface area contributed by atoms with E-state index in [4.69, 9.17) is 0 Å². The van der Waals surface area contributed by atoms with Gasteiger partial charge in [0, 0.05) is 17.6 Å². The predicted molar refractivity (Wildman–Crippen MR) is 107 cm³/mol. The van der Waals surface area contributed by atoms with E-state index in [1.165, 1.54) is 47.0 Å². The molecule has 2 heterocycles. The van der Waals surface area contributed by atoms with E-state index in [-0.39, 0.29) is 16.4 Å². The van der Waals surface area contributed by atoms with Crippen LogP contribution < -0.4 is 10.0 Å². The van der Waals surface area contributed by atoms with Crippen molar-refractivity contribution in [1.29, 1.82) is 0 Å². The molecule has 0 aliphatic carbocycles. The summed E-state index contributed by atoms with van der Waals surface area (Å²) in [6.45, 7) is 1.81. The Kier molecular flexibility index (Phi) is 4.88. The van der Waals surface area contributed by atoms with Gasteiger partial charge in [0.1, 0.15) is 5.82 Å². The lowest BCUT2D eigenvalue weighted by atomic mass is 10.3. The summed E-state index contributed by atoms with van der Waals surface area (Å²) < 4.78 is 41.9. The Bertz CT molecular complexity index is 1350. The van der Waals surface area contributed by atoms with Crippen molar-refractivity contribution in [3.05, 3.63) is 78.1 Å². The van der Waals surface area contributed by atoms with Crippen molar-refractivity contribution in [2.75, 3.05) is 10.0 Å². The van der Waals surface area contributed by atoms with Crippen LogP contribution >= 0.6 is 0 Å². The van der Waals surface area contributed by atoms with Gasteiger partial charge in [-0.05, 0) is 55.5 Å². The summed E-state index contributed by atoms with van der Waals surface area (Å²) in [6.07, 6.45) is 1.57. The van der Waals surface area contributed by atoms with Gasteiger partial charge in [0.2, 0.25) is 5.82 Å². The molecule has 0 unspecified atom stereocenters. The number of rotatable bonds is 5. The van der Waals surface area contributed by atoms with Crippen LogP contribution in [-0.2, 0) is 10.0 Å². The van der Waals surface area contributed by atoms with Crippen molar-refractivity contribution < 1.29 is 17.6 Å². The molecule has 1 amide bonds. The van der Waals surface area contributed by atoms with E-state index in [9.17, 15) is 17.6 Å². The van der Waals surface area contributed by atoms with Crippen LogP contribution in [0.5, 0.6) is 0 Å². The average Bonchev–Trinajstić information content (AvgIpc) is 3.14. The Morgan fingerprint density at radius 2 is 1.83 bits per heavy atom. The maximum Gasteiger partial charge on any atom is 0.295 e. The van der Waals surface area contributed by atoms with Crippen LogP contribution in [0.1, 0.15) is 16.3 Å². The molecule has 2 aromatic carbocycles. The Hall–Kier alpha value is -3.86. The van der Waals surface area contributed by atoms with E-state index < -0.39 is 21.7 Å². The summed E-state index contributed by atoms with van der Waals surface area (Å²) in [7, 11) is -3.92. The fraction of sp³-hybridized carbons (Fsp3) is 0.0526. The number of aryl methyl sites for hydroxylation is 1. The molecule has 9 nitrogen and oxygen atoms in total. The van der Waals surface area contributed by atoms with Crippen molar-refractivity contribution in [3.63, 3.8) is 0 Å². The summed E-state index contributed by atoms with van der Waals surface area (Å²) in [5.41, 5.74) is 1.23. The number of nitrogens with one attached hydrogen (secondary N) is 2. The number of halogens is 1. The van der Waals surface area contributed by atoms with Gasteiger partial charge >= 0.3 is 0 Å². The Balaban J connectivity index is 1.50. The molecule has 0 fully saturated rings. The first kappa shape index (κ1) is 19.5. The number of aromatic nitrogens is 4. The minimum atomic E-state index is -3.92. The molecule has 0 aliphatic rings. The van der Waals surface area contributed by atoms with Crippen LogP contribution in [0.25, 0.3) is 5.78 Å². The first-order valence-corrected chi connectivity index (χ1v) is 10.2. The average molecular weight is 426 g/mol. The van der Waals surface area contributed by atoms with Crippen LogP contribution in [0, 0.1) is 12.7 Å². The van der Waals surface area contributed by atoms with Crippen LogP contribution in [-0.4, -0.2) is 33.9 Å². The van der Waals surface area contributed by atoms with Gasteiger partial charge in [-0.15, -0.1) is 5.10 Å². The Morgan fingerprint density at radius 1 is 1.07 bits per heavy atom. The molecule has 0 bridgehead atoms. The van der Waals surface area contributed by atoms with Gasteiger partial charge in [-0.2, -0.15) is 4.98 Å². The number of fused-ring (bicyclic) bond motifs is 1. The highest BCUT2D eigenvalue weighted by Crippen LogP contribution is 2.19. The van der Waals surface area contributed by atoms with Gasteiger partial charge in [-0.1, -0.05) is 6.07 Å². The second-order valence-electron chi connectivity index (χ2n) is 6.33. The third kappa shape index (κ3) is 3.96. The maximum atomic E-state index is 13.3. The molecule has 2 aromatic heterocycles. The predicted octanol–water partition coefficient (Wildman–Crippen LogP) is 2.62. The van der Waals surface area contributed by atoms with Crippen molar-refractivity contribution in [3.8, 4) is 0 Å². The zero-order chi connectivity index (χ0) is 21.3. The second-order valence-corrected chi connectivity index (χ2v) is 8.01. The molecule has 4 rings (SSSR count). The van der Waals surface area contributed by atoms with Gasteiger partial charge in [-0.25, -0.2) is 22.3 Å². The van der Waals surface area contributed by atoms with Crippen molar-refractivity contribution in [2.45, 2.75) is 11.8 Å². The third-order valence-electron chi connectivity index (χ3n) is 4.13. The van der Waals surface area contributed by atoms with E-state index in [0.717, 1.165) is 11.8 Å².